The minimum absolute atomic E-state index is 0.352. The largest absolute Gasteiger partial charge is 0.618 e. The van der Waals surface area contributed by atoms with Crippen LogP contribution in [-0.2, 0) is 28.8 Å². The number of carbonyl (C=O) groups excluding carboxylic acids is 1. The molecule has 0 fully saturated rings. The lowest BCUT2D eigenvalue weighted by Crippen LogP contribution is -2.30. The van der Waals surface area contributed by atoms with Gasteiger partial charge < -0.3 is 9.94 Å². The Kier molecular flexibility index (Phi) is 10.3. The normalized spacial score (nSPS) is 15.3. The molecule has 0 spiro atoms. The highest BCUT2D eigenvalue weighted by Gasteiger charge is 2.32. The Balaban J connectivity index is 0.000000125. The topological polar surface area (TPSA) is 128 Å². The van der Waals surface area contributed by atoms with Crippen LogP contribution in [0.5, 0.6) is 0 Å². The number of para-hydroxylation sites is 1. The van der Waals surface area contributed by atoms with Gasteiger partial charge in [-0.3, -0.25) is 34.7 Å². The van der Waals surface area contributed by atoms with Crippen LogP contribution in [0.4, 0.5) is 22.7 Å². The van der Waals surface area contributed by atoms with Crippen LogP contribution in [0, 0.1) is 5.21 Å². The number of nitrogens with zero attached hydrogens (tertiary/aromatic N) is 7. The molecule has 7 heterocycles. The average molecular weight is 657 g/mol. The van der Waals surface area contributed by atoms with Crippen molar-refractivity contribution in [3.63, 3.8) is 0 Å². The maximum Gasteiger partial charge on any atom is 0.321 e. The van der Waals surface area contributed by atoms with Gasteiger partial charge in [0.25, 0.3) is 0 Å². The molecule has 0 saturated heterocycles. The maximum absolute atomic E-state index is 11.9. The van der Waals surface area contributed by atoms with Crippen molar-refractivity contribution in [1.82, 2.24) is 9.97 Å². The summed E-state index contributed by atoms with van der Waals surface area (Å²) in [5.74, 6) is -0.905. The van der Waals surface area contributed by atoms with Gasteiger partial charge in [0, 0.05) is 56.2 Å². The Morgan fingerprint density at radius 3 is 2.24 bits per heavy atom. The molecule has 0 N–H and O–H groups in total. The van der Waals surface area contributed by atoms with Gasteiger partial charge in [-0.15, -0.1) is 0 Å². The van der Waals surface area contributed by atoms with E-state index < -0.39 is 11.5 Å². The lowest BCUT2D eigenvalue weighted by atomic mass is 10.1. The first-order valence-corrected chi connectivity index (χ1v) is 15.3. The molecular weight excluding hydrogens is 625 g/mol. The zero-order chi connectivity index (χ0) is 32.7. The van der Waals surface area contributed by atoms with Crippen molar-refractivity contribution < 1.29 is 14.3 Å². The van der Waals surface area contributed by atoms with E-state index in [1.54, 1.807) is 36.8 Å². The Hall–Kier alpha value is -4.80. The first-order valence-electron chi connectivity index (χ1n) is 14.5. The van der Waals surface area contributed by atoms with E-state index in [-0.39, 0.29) is 5.97 Å². The van der Waals surface area contributed by atoms with Crippen LogP contribution in [0.1, 0.15) is 49.3 Å². The lowest BCUT2D eigenvalue weighted by molar-refractivity contribution is -0.612. The van der Waals surface area contributed by atoms with Gasteiger partial charge >= 0.3 is 5.97 Å². The summed E-state index contributed by atoms with van der Waals surface area (Å²) in [5.41, 5.74) is 6.45. The lowest BCUT2D eigenvalue weighted by Gasteiger charge is -2.21. The molecule has 1 aromatic carbocycles. The number of ether oxygens (including phenoxy) is 1. The number of aliphatic imine (C=N–C) groups is 4. The van der Waals surface area contributed by atoms with E-state index in [2.05, 4.69) is 36.0 Å². The third-order valence-electron chi connectivity index (χ3n) is 6.75. The summed E-state index contributed by atoms with van der Waals surface area (Å²) in [4.78, 5) is 36.6. The van der Waals surface area contributed by atoms with E-state index in [1.807, 2.05) is 57.5 Å². The van der Waals surface area contributed by atoms with Gasteiger partial charge in [-0.1, -0.05) is 41.4 Å². The van der Waals surface area contributed by atoms with Crippen molar-refractivity contribution in [3.05, 3.63) is 105 Å². The zero-order valence-corrected chi connectivity index (χ0v) is 27.0. The van der Waals surface area contributed by atoms with E-state index in [0.29, 0.717) is 27.8 Å². The number of hydrogen-bond acceptors (Lipinski definition) is 9. The third-order valence-corrected chi connectivity index (χ3v) is 7.36. The molecule has 1 unspecified atom stereocenters. The summed E-state index contributed by atoms with van der Waals surface area (Å²) in [6, 6.07) is 15.2. The molecule has 4 aliphatic heterocycles. The number of fused-ring (bicyclic) bond motifs is 4. The standard InChI is InChI=1S/C12H13ClN2O2.C8H7N.C7H5ClN2.C7H6N2O/c1-12(2,3)17-11(16)7-6-15-10-8(13)4-5-14-9(7)10;1-2-4-8-7(3-1)5-6-9-8;8-5-1-3-9-6-2-4-10-7(5)6;10-9-5-1-2-6-7(9)3-4-8-6/h4-7H,1-3H3;1-4,6H,5H2;1,3-4H,2H2;1-2,4-5H,3H2. The second-order valence-corrected chi connectivity index (χ2v) is 12.1. The number of esters is 1. The molecule has 0 radical (unpaired) electrons. The van der Waals surface area contributed by atoms with E-state index in [4.69, 9.17) is 27.9 Å². The molecule has 3 aromatic heterocycles. The molecule has 0 saturated carbocycles. The summed E-state index contributed by atoms with van der Waals surface area (Å²) in [6.07, 6.45) is 14.3. The smallest absolute Gasteiger partial charge is 0.321 e. The number of halogens is 2. The van der Waals surface area contributed by atoms with Crippen molar-refractivity contribution in [3.8, 4) is 0 Å². The quantitative estimate of drug-likeness (QED) is 0.120. The molecule has 234 valence electrons. The van der Waals surface area contributed by atoms with Crippen molar-refractivity contribution in [2.24, 2.45) is 20.0 Å². The number of aromatic nitrogens is 3. The Bertz CT molecular complexity index is 1870. The van der Waals surface area contributed by atoms with Crippen molar-refractivity contribution in [2.45, 2.75) is 51.6 Å². The third kappa shape index (κ3) is 8.07. The summed E-state index contributed by atoms with van der Waals surface area (Å²) in [7, 11) is 0. The van der Waals surface area contributed by atoms with Crippen LogP contribution in [0.25, 0.3) is 0 Å². The van der Waals surface area contributed by atoms with E-state index in [0.717, 1.165) is 46.0 Å². The molecule has 12 heteroatoms. The Labute approximate surface area is 276 Å². The second-order valence-electron chi connectivity index (χ2n) is 11.2. The van der Waals surface area contributed by atoms with Gasteiger partial charge in [0.15, 0.2) is 6.20 Å². The zero-order valence-electron chi connectivity index (χ0n) is 25.5. The van der Waals surface area contributed by atoms with Gasteiger partial charge in [-0.05, 0) is 50.6 Å². The first-order chi connectivity index (χ1) is 22.1. The number of rotatable bonds is 1. The van der Waals surface area contributed by atoms with E-state index >= 15 is 0 Å². The predicted octanol–water partition coefficient (Wildman–Crippen LogP) is 7.39. The molecule has 8 rings (SSSR count). The SMILES string of the molecule is C1=Nc2ccccc2C1.CC(C)(C)OC(=O)C1C=Nc2c(Cl)ccnc21.Clc1ccnc2c1N=CC2.[O-][n+]1cccc2c1CC=N2. The van der Waals surface area contributed by atoms with Crippen LogP contribution < -0.4 is 4.73 Å². The van der Waals surface area contributed by atoms with Crippen LogP contribution in [0.3, 0.4) is 0 Å². The van der Waals surface area contributed by atoms with Gasteiger partial charge in [-0.2, -0.15) is 4.73 Å². The predicted molar refractivity (Wildman–Crippen MR) is 183 cm³/mol. The molecule has 4 aliphatic rings. The number of benzene rings is 1. The first kappa shape index (κ1) is 32.6. The van der Waals surface area contributed by atoms with Gasteiger partial charge in [-0.25, -0.2) is 0 Å². The molecule has 10 nitrogen and oxygen atoms in total. The van der Waals surface area contributed by atoms with Crippen molar-refractivity contribution in [1.29, 1.82) is 0 Å². The molecule has 1 atom stereocenters. The highest BCUT2D eigenvalue weighted by atomic mass is 35.5. The average Bonchev–Trinajstić information content (AvgIpc) is 3.84. The highest BCUT2D eigenvalue weighted by Crippen LogP contribution is 2.37. The summed E-state index contributed by atoms with van der Waals surface area (Å²) < 4.78 is 6.17. The number of pyridine rings is 3. The van der Waals surface area contributed by atoms with E-state index in [9.17, 15) is 10.0 Å². The summed E-state index contributed by atoms with van der Waals surface area (Å²) in [6.45, 7) is 5.47. The number of hydrogen-bond donors (Lipinski definition) is 0. The summed E-state index contributed by atoms with van der Waals surface area (Å²) >= 11 is 11.8. The minimum atomic E-state index is -0.553. The molecule has 46 heavy (non-hydrogen) atoms. The Morgan fingerprint density at radius 2 is 1.50 bits per heavy atom. The van der Waals surface area contributed by atoms with Gasteiger partial charge in [0.1, 0.15) is 28.6 Å². The molecule has 0 aliphatic carbocycles. The Morgan fingerprint density at radius 1 is 0.826 bits per heavy atom. The monoisotopic (exact) mass is 655 g/mol. The second kappa shape index (κ2) is 14.5. The molecular formula is C34H31Cl2N7O3. The van der Waals surface area contributed by atoms with Crippen LogP contribution in [-0.4, -0.2) is 46.4 Å². The fraction of sp³-hybridized carbons (Fsp3) is 0.235. The van der Waals surface area contributed by atoms with Crippen molar-refractivity contribution in [2.75, 3.05) is 0 Å². The fourth-order valence-corrected chi connectivity index (χ4v) is 5.06. The molecule has 4 aromatic rings. The fourth-order valence-electron chi connectivity index (χ4n) is 4.64. The minimum Gasteiger partial charge on any atom is -0.618 e. The van der Waals surface area contributed by atoms with Gasteiger partial charge in [0.2, 0.25) is 5.69 Å². The van der Waals surface area contributed by atoms with Gasteiger partial charge in [0.05, 0.1) is 33.5 Å². The van der Waals surface area contributed by atoms with Crippen molar-refractivity contribution >= 4 is 76.8 Å². The van der Waals surface area contributed by atoms with Crippen LogP contribution in [0.15, 0.2) is 87.1 Å². The van der Waals surface area contributed by atoms with E-state index in [1.165, 1.54) is 18.0 Å². The highest BCUT2D eigenvalue weighted by molar-refractivity contribution is 6.33. The number of carbonyl (C=O) groups is 1. The molecule has 0 bridgehead atoms. The molecule has 0 amide bonds. The van der Waals surface area contributed by atoms with Crippen LogP contribution in [0.2, 0.25) is 10.0 Å². The van der Waals surface area contributed by atoms with Crippen LogP contribution >= 0.6 is 23.2 Å². The summed E-state index contributed by atoms with van der Waals surface area (Å²) in [5, 5.41) is 12.1. The maximum atomic E-state index is 11.9.